The van der Waals surface area contributed by atoms with Gasteiger partial charge in [-0.25, -0.2) is 0 Å². The molecule has 0 spiro atoms. The second-order valence-corrected chi connectivity index (χ2v) is 5.95. The van der Waals surface area contributed by atoms with Crippen molar-refractivity contribution in [2.45, 2.75) is 4.90 Å². The van der Waals surface area contributed by atoms with Crippen molar-refractivity contribution in [2.75, 3.05) is 28.2 Å². The molecule has 9 heteroatoms. The van der Waals surface area contributed by atoms with E-state index in [9.17, 15) is 18.5 Å². The van der Waals surface area contributed by atoms with Gasteiger partial charge in [0.25, 0.3) is 15.7 Å². The van der Waals surface area contributed by atoms with Gasteiger partial charge in [0.1, 0.15) is 0 Å². The maximum absolute atomic E-state index is 12.2. The summed E-state index contributed by atoms with van der Waals surface area (Å²) in [7, 11) is 2.37. The summed E-state index contributed by atoms with van der Waals surface area (Å²) < 4.78 is 28.1. The number of benzene rings is 1. The van der Waals surface area contributed by atoms with Crippen LogP contribution in [0, 0.1) is 10.1 Å². The molecule has 0 unspecified atom stereocenters. The molecule has 110 valence electrons. The number of rotatable bonds is 3. The second-order valence-electron chi connectivity index (χ2n) is 4.38. The minimum Gasteiger partial charge on any atom is -0.348 e. The van der Waals surface area contributed by atoms with E-state index in [0.717, 1.165) is 6.07 Å². The third-order valence-electron chi connectivity index (χ3n) is 2.34. The van der Waals surface area contributed by atoms with Crippen LogP contribution in [0.15, 0.2) is 33.6 Å². The molecule has 0 bridgehead atoms. The van der Waals surface area contributed by atoms with Crippen LogP contribution in [-0.4, -0.2) is 57.3 Å². The predicted octanol–water partition coefficient (Wildman–Crippen LogP) is 0.763. The van der Waals surface area contributed by atoms with Crippen molar-refractivity contribution in [1.29, 1.82) is 0 Å². The molecule has 0 radical (unpaired) electrons. The summed E-state index contributed by atoms with van der Waals surface area (Å²) in [6, 6.07) is 5.12. The number of nitro benzene ring substituents is 1. The van der Waals surface area contributed by atoms with Crippen LogP contribution >= 0.6 is 0 Å². The first-order chi connectivity index (χ1) is 9.16. The van der Waals surface area contributed by atoms with E-state index in [1.807, 2.05) is 0 Å². The van der Waals surface area contributed by atoms with Gasteiger partial charge in [0.2, 0.25) is 5.96 Å². The number of hydrogen-bond donors (Lipinski definition) is 0. The Labute approximate surface area is 117 Å². The van der Waals surface area contributed by atoms with Gasteiger partial charge in [-0.1, -0.05) is 12.1 Å². The third-order valence-corrected chi connectivity index (χ3v) is 3.65. The largest absolute Gasteiger partial charge is 0.348 e. The Hall–Kier alpha value is -2.16. The zero-order valence-electron chi connectivity index (χ0n) is 11.6. The van der Waals surface area contributed by atoms with Crippen molar-refractivity contribution in [3.63, 3.8) is 0 Å². The molecule has 1 aromatic carbocycles. The van der Waals surface area contributed by atoms with Crippen LogP contribution in [0.4, 0.5) is 5.69 Å². The van der Waals surface area contributed by atoms with Crippen molar-refractivity contribution in [3.8, 4) is 0 Å². The first-order valence-corrected chi connectivity index (χ1v) is 7.04. The average Bonchev–Trinajstić information content (AvgIpc) is 2.35. The molecule has 0 saturated carbocycles. The fourth-order valence-electron chi connectivity index (χ4n) is 1.55. The van der Waals surface area contributed by atoms with Gasteiger partial charge >= 0.3 is 0 Å². The maximum Gasteiger partial charge on any atom is 0.292 e. The Morgan fingerprint density at radius 1 is 1.15 bits per heavy atom. The predicted molar refractivity (Wildman–Crippen MR) is 75.1 cm³/mol. The summed E-state index contributed by atoms with van der Waals surface area (Å²) in [5.74, 6) is 0.170. The smallest absolute Gasteiger partial charge is 0.292 e. The Morgan fingerprint density at radius 3 is 2.10 bits per heavy atom. The first kappa shape index (κ1) is 15.9. The number of para-hydroxylation sites is 1. The van der Waals surface area contributed by atoms with Crippen molar-refractivity contribution in [1.82, 2.24) is 9.80 Å². The highest BCUT2D eigenvalue weighted by Gasteiger charge is 2.26. The Bertz CT molecular complexity index is 628. The molecule has 0 aliphatic rings. The molecular weight excluding hydrogens is 284 g/mol. The molecule has 0 aromatic heterocycles. The molecule has 0 heterocycles. The highest BCUT2D eigenvalue weighted by atomic mass is 32.2. The molecule has 0 fully saturated rings. The average molecular weight is 300 g/mol. The van der Waals surface area contributed by atoms with E-state index in [1.165, 1.54) is 28.0 Å². The van der Waals surface area contributed by atoms with E-state index < -0.39 is 25.5 Å². The highest BCUT2D eigenvalue weighted by molar-refractivity contribution is 7.90. The molecule has 0 aliphatic heterocycles. The van der Waals surface area contributed by atoms with Gasteiger partial charge in [-0.15, -0.1) is 4.40 Å². The fraction of sp³-hybridized carbons (Fsp3) is 0.364. The van der Waals surface area contributed by atoms with Crippen LogP contribution in [-0.2, 0) is 10.0 Å². The van der Waals surface area contributed by atoms with Crippen molar-refractivity contribution in [3.05, 3.63) is 34.4 Å². The second kappa shape index (κ2) is 5.87. The number of sulfonamides is 1. The van der Waals surface area contributed by atoms with Gasteiger partial charge in [0.05, 0.1) is 4.92 Å². The van der Waals surface area contributed by atoms with Gasteiger partial charge in [0.15, 0.2) is 4.90 Å². The highest BCUT2D eigenvalue weighted by Crippen LogP contribution is 2.24. The van der Waals surface area contributed by atoms with Gasteiger partial charge in [-0.3, -0.25) is 10.1 Å². The van der Waals surface area contributed by atoms with E-state index >= 15 is 0 Å². The van der Waals surface area contributed by atoms with Gasteiger partial charge in [0, 0.05) is 34.3 Å². The van der Waals surface area contributed by atoms with Crippen LogP contribution in [0.3, 0.4) is 0 Å². The molecule has 8 nitrogen and oxygen atoms in total. The Morgan fingerprint density at radius 2 is 1.65 bits per heavy atom. The van der Waals surface area contributed by atoms with E-state index in [4.69, 9.17) is 0 Å². The van der Waals surface area contributed by atoms with E-state index in [2.05, 4.69) is 4.40 Å². The quantitative estimate of drug-likeness (QED) is 0.354. The van der Waals surface area contributed by atoms with Crippen LogP contribution in [0.5, 0.6) is 0 Å². The number of hydrogen-bond acceptors (Lipinski definition) is 4. The lowest BCUT2D eigenvalue weighted by atomic mass is 10.3. The summed E-state index contributed by atoms with van der Waals surface area (Å²) in [6.45, 7) is 0. The lowest BCUT2D eigenvalue weighted by Crippen LogP contribution is -2.36. The molecular formula is C11H16N4O4S. The van der Waals surface area contributed by atoms with E-state index in [1.54, 1.807) is 28.2 Å². The number of nitrogens with zero attached hydrogens (tertiary/aromatic N) is 4. The van der Waals surface area contributed by atoms with Crippen LogP contribution in [0.25, 0.3) is 0 Å². The summed E-state index contributed by atoms with van der Waals surface area (Å²) in [4.78, 5) is 12.7. The third kappa shape index (κ3) is 3.44. The molecule has 0 aliphatic carbocycles. The number of nitro groups is 1. The SMILES string of the molecule is CN(C)C(=NS(=O)(=O)c1ccccc1[N+](=O)[O-])N(C)C. The molecule has 20 heavy (non-hydrogen) atoms. The van der Waals surface area contributed by atoms with Gasteiger partial charge < -0.3 is 9.80 Å². The number of guanidine groups is 1. The maximum atomic E-state index is 12.2. The zero-order valence-corrected chi connectivity index (χ0v) is 12.5. The molecule has 0 amide bonds. The van der Waals surface area contributed by atoms with Crippen molar-refractivity contribution in [2.24, 2.45) is 4.40 Å². The minimum absolute atomic E-state index is 0.170. The summed E-state index contributed by atoms with van der Waals surface area (Å²) in [5, 5.41) is 10.9. The van der Waals surface area contributed by atoms with E-state index in [0.29, 0.717) is 0 Å². The minimum atomic E-state index is -4.16. The molecule has 1 aromatic rings. The van der Waals surface area contributed by atoms with Crippen LogP contribution in [0.2, 0.25) is 0 Å². The molecule has 0 atom stereocenters. The molecule has 0 saturated heterocycles. The monoisotopic (exact) mass is 300 g/mol. The van der Waals surface area contributed by atoms with Crippen LogP contribution in [0.1, 0.15) is 0 Å². The first-order valence-electron chi connectivity index (χ1n) is 5.60. The Kier molecular flexibility index (Phi) is 4.66. The molecule has 1 rings (SSSR count). The lowest BCUT2D eigenvalue weighted by Gasteiger charge is -2.22. The van der Waals surface area contributed by atoms with Crippen molar-refractivity contribution < 1.29 is 13.3 Å². The topological polar surface area (TPSA) is 96.1 Å². The van der Waals surface area contributed by atoms with Gasteiger partial charge in [-0.2, -0.15) is 8.42 Å². The lowest BCUT2D eigenvalue weighted by molar-refractivity contribution is -0.387. The zero-order chi connectivity index (χ0) is 15.5. The summed E-state index contributed by atoms with van der Waals surface area (Å²) in [6.07, 6.45) is 0. The Balaban J connectivity index is 3.45. The summed E-state index contributed by atoms with van der Waals surface area (Å²) >= 11 is 0. The molecule has 0 N–H and O–H groups in total. The van der Waals surface area contributed by atoms with E-state index in [-0.39, 0.29) is 5.96 Å². The normalized spacial score (nSPS) is 10.8. The summed E-state index contributed by atoms with van der Waals surface area (Å²) in [5.41, 5.74) is -0.492. The van der Waals surface area contributed by atoms with Gasteiger partial charge in [-0.05, 0) is 6.07 Å². The van der Waals surface area contributed by atoms with Crippen LogP contribution < -0.4 is 0 Å². The fourth-order valence-corrected chi connectivity index (χ4v) is 2.84. The van der Waals surface area contributed by atoms with Crippen molar-refractivity contribution >= 4 is 21.7 Å². The standard InChI is InChI=1S/C11H16N4O4S/c1-13(2)11(14(3)4)12-20(18,19)10-8-6-5-7-9(10)15(16)17/h5-8H,1-4H3.